The van der Waals surface area contributed by atoms with Crippen LogP contribution >= 0.6 is 11.3 Å². The highest BCUT2D eigenvalue weighted by atomic mass is 32.1. The third-order valence-electron chi connectivity index (χ3n) is 2.39. The van der Waals surface area contributed by atoms with Crippen molar-refractivity contribution >= 4 is 11.3 Å². The molecule has 0 saturated heterocycles. The van der Waals surface area contributed by atoms with E-state index in [0.717, 1.165) is 19.4 Å². The SMILES string of the molecule is CCCCCc1nnc(CCNC(C)C)s1. The summed E-state index contributed by atoms with van der Waals surface area (Å²) in [4.78, 5) is 0. The normalized spacial score (nSPS) is 11.2. The third kappa shape index (κ3) is 5.56. The minimum atomic E-state index is 0.553. The fraction of sp³-hybridized carbons (Fsp3) is 0.833. The van der Waals surface area contributed by atoms with Gasteiger partial charge in [0.1, 0.15) is 10.0 Å². The van der Waals surface area contributed by atoms with E-state index in [-0.39, 0.29) is 0 Å². The molecule has 0 radical (unpaired) electrons. The van der Waals surface area contributed by atoms with Crippen LogP contribution < -0.4 is 5.32 Å². The molecule has 4 heteroatoms. The van der Waals surface area contributed by atoms with Crippen LogP contribution in [0.3, 0.4) is 0 Å². The van der Waals surface area contributed by atoms with Gasteiger partial charge in [-0.2, -0.15) is 0 Å². The Morgan fingerprint density at radius 2 is 1.81 bits per heavy atom. The molecule has 0 bridgehead atoms. The van der Waals surface area contributed by atoms with Gasteiger partial charge in [-0.25, -0.2) is 0 Å². The van der Waals surface area contributed by atoms with Crippen molar-refractivity contribution in [3.63, 3.8) is 0 Å². The first-order chi connectivity index (χ1) is 7.72. The molecular formula is C12H23N3S. The van der Waals surface area contributed by atoms with Gasteiger partial charge in [-0.05, 0) is 6.42 Å². The number of hydrogen-bond donors (Lipinski definition) is 1. The number of aryl methyl sites for hydroxylation is 1. The fourth-order valence-corrected chi connectivity index (χ4v) is 2.37. The lowest BCUT2D eigenvalue weighted by Crippen LogP contribution is -2.24. The van der Waals surface area contributed by atoms with E-state index in [1.54, 1.807) is 11.3 Å². The Bertz CT molecular complexity index is 284. The van der Waals surface area contributed by atoms with Gasteiger partial charge < -0.3 is 5.32 Å². The van der Waals surface area contributed by atoms with Crippen LogP contribution in [0.1, 0.15) is 50.0 Å². The second-order valence-corrected chi connectivity index (χ2v) is 5.55. The van der Waals surface area contributed by atoms with Gasteiger partial charge in [0.05, 0.1) is 0 Å². The molecule has 1 N–H and O–H groups in total. The van der Waals surface area contributed by atoms with Crippen LogP contribution in [0.15, 0.2) is 0 Å². The molecule has 0 atom stereocenters. The minimum absolute atomic E-state index is 0.553. The highest BCUT2D eigenvalue weighted by Gasteiger charge is 2.03. The van der Waals surface area contributed by atoms with E-state index in [0.29, 0.717) is 6.04 Å². The molecule has 16 heavy (non-hydrogen) atoms. The Hall–Kier alpha value is -0.480. The summed E-state index contributed by atoms with van der Waals surface area (Å²) in [7, 11) is 0. The van der Waals surface area contributed by atoms with Crippen LogP contribution in [-0.2, 0) is 12.8 Å². The van der Waals surface area contributed by atoms with Crippen molar-refractivity contribution in [3.8, 4) is 0 Å². The van der Waals surface area contributed by atoms with Crippen molar-refractivity contribution < 1.29 is 0 Å². The molecule has 1 aromatic heterocycles. The Labute approximate surface area is 103 Å². The summed E-state index contributed by atoms with van der Waals surface area (Å²) in [5.41, 5.74) is 0. The summed E-state index contributed by atoms with van der Waals surface area (Å²) in [6.07, 6.45) is 5.91. The second kappa shape index (κ2) is 7.74. The Balaban J connectivity index is 2.22. The number of unbranched alkanes of at least 4 members (excludes halogenated alkanes) is 2. The summed E-state index contributed by atoms with van der Waals surface area (Å²) >= 11 is 1.77. The van der Waals surface area contributed by atoms with Gasteiger partial charge >= 0.3 is 0 Å². The Morgan fingerprint density at radius 1 is 1.12 bits per heavy atom. The molecule has 1 aromatic rings. The molecule has 0 aliphatic carbocycles. The van der Waals surface area contributed by atoms with Crippen LogP contribution in [0.25, 0.3) is 0 Å². The smallest absolute Gasteiger partial charge is 0.118 e. The van der Waals surface area contributed by atoms with E-state index in [1.807, 2.05) is 0 Å². The molecule has 0 spiro atoms. The molecule has 0 aliphatic rings. The zero-order valence-corrected chi connectivity index (χ0v) is 11.4. The van der Waals surface area contributed by atoms with Crippen molar-refractivity contribution in [2.45, 2.75) is 58.9 Å². The largest absolute Gasteiger partial charge is 0.314 e. The molecule has 3 nitrogen and oxygen atoms in total. The molecule has 0 unspecified atom stereocenters. The molecule has 0 aromatic carbocycles. The van der Waals surface area contributed by atoms with Gasteiger partial charge in [0.15, 0.2) is 0 Å². The lowest BCUT2D eigenvalue weighted by atomic mass is 10.2. The van der Waals surface area contributed by atoms with Crippen molar-refractivity contribution in [1.29, 1.82) is 0 Å². The number of nitrogens with zero attached hydrogens (tertiary/aromatic N) is 2. The predicted octanol–water partition coefficient (Wildman–Crippen LogP) is 2.81. The molecule has 0 aliphatic heterocycles. The Morgan fingerprint density at radius 3 is 2.44 bits per heavy atom. The van der Waals surface area contributed by atoms with Crippen LogP contribution in [0.4, 0.5) is 0 Å². The maximum atomic E-state index is 4.23. The van der Waals surface area contributed by atoms with Crippen LogP contribution in [0.5, 0.6) is 0 Å². The van der Waals surface area contributed by atoms with E-state index in [4.69, 9.17) is 0 Å². The molecule has 0 amide bonds. The topological polar surface area (TPSA) is 37.8 Å². The fourth-order valence-electron chi connectivity index (χ4n) is 1.48. The number of rotatable bonds is 8. The van der Waals surface area contributed by atoms with E-state index < -0.39 is 0 Å². The zero-order valence-electron chi connectivity index (χ0n) is 10.6. The number of hydrogen-bond acceptors (Lipinski definition) is 4. The maximum Gasteiger partial charge on any atom is 0.118 e. The summed E-state index contributed by atoms with van der Waals surface area (Å²) < 4.78 is 0. The molecule has 1 heterocycles. The average molecular weight is 241 g/mol. The quantitative estimate of drug-likeness (QED) is 0.711. The standard InChI is InChI=1S/C12H23N3S/c1-4-5-6-7-11-14-15-12(16-11)8-9-13-10(2)3/h10,13H,4-9H2,1-3H3. The van der Waals surface area contributed by atoms with Crippen molar-refractivity contribution in [2.24, 2.45) is 0 Å². The molecule has 92 valence electrons. The van der Waals surface area contributed by atoms with Gasteiger partial charge in [-0.15, -0.1) is 21.5 Å². The van der Waals surface area contributed by atoms with Crippen LogP contribution in [0, 0.1) is 0 Å². The molecule has 0 saturated carbocycles. The van der Waals surface area contributed by atoms with Crippen molar-refractivity contribution in [3.05, 3.63) is 10.0 Å². The zero-order chi connectivity index (χ0) is 11.8. The third-order valence-corrected chi connectivity index (χ3v) is 3.44. The molecular weight excluding hydrogens is 218 g/mol. The molecule has 0 fully saturated rings. The van der Waals surface area contributed by atoms with Gasteiger partial charge in [-0.3, -0.25) is 0 Å². The Kier molecular flexibility index (Phi) is 6.57. The average Bonchev–Trinajstić information content (AvgIpc) is 2.66. The van der Waals surface area contributed by atoms with Crippen LogP contribution in [-0.4, -0.2) is 22.8 Å². The van der Waals surface area contributed by atoms with Gasteiger partial charge in [0.25, 0.3) is 0 Å². The minimum Gasteiger partial charge on any atom is -0.314 e. The van der Waals surface area contributed by atoms with Crippen LogP contribution in [0.2, 0.25) is 0 Å². The summed E-state index contributed by atoms with van der Waals surface area (Å²) in [5.74, 6) is 0. The van der Waals surface area contributed by atoms with Crippen molar-refractivity contribution in [1.82, 2.24) is 15.5 Å². The van der Waals surface area contributed by atoms with Gasteiger partial charge in [0.2, 0.25) is 0 Å². The summed E-state index contributed by atoms with van der Waals surface area (Å²) in [6, 6.07) is 0.553. The lowest BCUT2D eigenvalue weighted by Gasteiger charge is -2.05. The van der Waals surface area contributed by atoms with Gasteiger partial charge in [-0.1, -0.05) is 33.6 Å². The first-order valence-corrected chi connectivity index (χ1v) is 7.08. The highest BCUT2D eigenvalue weighted by molar-refractivity contribution is 7.11. The van der Waals surface area contributed by atoms with E-state index in [2.05, 4.69) is 36.3 Å². The highest BCUT2D eigenvalue weighted by Crippen LogP contribution is 2.13. The first-order valence-electron chi connectivity index (χ1n) is 6.27. The van der Waals surface area contributed by atoms with Crippen molar-refractivity contribution in [2.75, 3.05) is 6.54 Å². The van der Waals surface area contributed by atoms with E-state index >= 15 is 0 Å². The lowest BCUT2D eigenvalue weighted by molar-refractivity contribution is 0.588. The summed E-state index contributed by atoms with van der Waals surface area (Å²) in [6.45, 7) is 7.55. The van der Waals surface area contributed by atoms with Gasteiger partial charge in [0, 0.05) is 25.4 Å². The van der Waals surface area contributed by atoms with E-state index in [9.17, 15) is 0 Å². The monoisotopic (exact) mass is 241 g/mol. The maximum absolute atomic E-state index is 4.23. The number of nitrogens with one attached hydrogen (secondary N) is 1. The van der Waals surface area contributed by atoms with E-state index in [1.165, 1.54) is 29.3 Å². The second-order valence-electron chi connectivity index (χ2n) is 4.41. The molecule has 1 rings (SSSR count). The first kappa shape index (κ1) is 13.6. The predicted molar refractivity (Wildman–Crippen MR) is 70.0 cm³/mol. The summed E-state index contributed by atoms with van der Waals surface area (Å²) in [5, 5.41) is 14.2. The number of aromatic nitrogens is 2.